The molecule has 0 saturated heterocycles. The molecule has 0 aliphatic carbocycles. The zero-order valence-electron chi connectivity index (χ0n) is 9.63. The summed E-state index contributed by atoms with van der Waals surface area (Å²) in [5.41, 5.74) is 0. The number of carbonyl (C=O) groups excluding carboxylic acids is 1. The van der Waals surface area contributed by atoms with E-state index in [0.29, 0.717) is 12.5 Å². The maximum Gasteiger partial charge on any atom is 0.234 e. The molecule has 0 aromatic rings. The Balaban J connectivity index is 3.70. The third-order valence-corrected chi connectivity index (χ3v) is 2.33. The molecule has 2 atom stereocenters. The van der Waals surface area contributed by atoms with Crippen LogP contribution in [0.3, 0.4) is 0 Å². The van der Waals surface area contributed by atoms with Gasteiger partial charge in [0.1, 0.15) is 0 Å². The summed E-state index contributed by atoms with van der Waals surface area (Å²) in [5.74, 6) is 0.510. The van der Waals surface area contributed by atoms with Crippen LogP contribution in [0.5, 0.6) is 0 Å². The summed E-state index contributed by atoms with van der Waals surface area (Å²) in [4.78, 5) is 11.4. The zero-order valence-corrected chi connectivity index (χ0v) is 9.63. The molecule has 0 aromatic carbocycles. The van der Waals surface area contributed by atoms with Crippen LogP contribution in [0.1, 0.15) is 27.7 Å². The number of nitrogens with one attached hydrogen (secondary N) is 2. The van der Waals surface area contributed by atoms with E-state index in [-0.39, 0.29) is 18.0 Å². The number of rotatable bonds is 6. The summed E-state index contributed by atoms with van der Waals surface area (Å²) < 4.78 is 0. The van der Waals surface area contributed by atoms with Gasteiger partial charge in [-0.1, -0.05) is 19.9 Å². The van der Waals surface area contributed by atoms with Crippen LogP contribution in [0.25, 0.3) is 0 Å². The van der Waals surface area contributed by atoms with Gasteiger partial charge in [0.05, 0.1) is 6.54 Å². The predicted octanol–water partition coefficient (Wildman–Crippen LogP) is 1.31. The molecule has 0 heterocycles. The summed E-state index contributed by atoms with van der Waals surface area (Å²) in [7, 11) is 0. The van der Waals surface area contributed by atoms with E-state index in [0.717, 1.165) is 0 Å². The molecule has 0 bridgehead atoms. The van der Waals surface area contributed by atoms with E-state index in [1.807, 2.05) is 13.8 Å². The largest absolute Gasteiger partial charge is 0.352 e. The van der Waals surface area contributed by atoms with Gasteiger partial charge in [-0.25, -0.2) is 0 Å². The smallest absolute Gasteiger partial charge is 0.234 e. The van der Waals surface area contributed by atoms with Gasteiger partial charge >= 0.3 is 0 Å². The molecule has 14 heavy (non-hydrogen) atoms. The first kappa shape index (κ1) is 13.2. The highest BCUT2D eigenvalue weighted by molar-refractivity contribution is 5.78. The molecular weight excluding hydrogens is 176 g/mol. The van der Waals surface area contributed by atoms with Gasteiger partial charge < -0.3 is 10.6 Å². The molecule has 3 heteroatoms. The van der Waals surface area contributed by atoms with Gasteiger partial charge in [-0.2, -0.15) is 0 Å². The molecule has 0 saturated carbocycles. The molecule has 0 rings (SSSR count). The Kier molecular flexibility index (Phi) is 6.21. The van der Waals surface area contributed by atoms with E-state index in [9.17, 15) is 4.79 Å². The molecule has 0 aliphatic rings. The Morgan fingerprint density at radius 3 is 2.36 bits per heavy atom. The summed E-state index contributed by atoms with van der Waals surface area (Å²) in [6.07, 6.45) is 1.78. The van der Waals surface area contributed by atoms with Crippen molar-refractivity contribution in [2.45, 2.75) is 39.8 Å². The maximum atomic E-state index is 11.4. The minimum absolute atomic E-state index is 0.0416. The third kappa shape index (κ3) is 5.75. The monoisotopic (exact) mass is 198 g/mol. The van der Waals surface area contributed by atoms with Crippen molar-refractivity contribution in [1.29, 1.82) is 0 Å². The van der Waals surface area contributed by atoms with Crippen molar-refractivity contribution in [3.05, 3.63) is 12.7 Å². The van der Waals surface area contributed by atoms with E-state index < -0.39 is 0 Å². The lowest BCUT2D eigenvalue weighted by atomic mass is 10.1. The van der Waals surface area contributed by atoms with Crippen molar-refractivity contribution in [2.24, 2.45) is 5.92 Å². The lowest BCUT2D eigenvalue weighted by molar-refractivity contribution is -0.121. The third-order valence-electron chi connectivity index (χ3n) is 2.33. The van der Waals surface area contributed by atoms with Crippen LogP contribution < -0.4 is 10.6 Å². The average Bonchev–Trinajstić information content (AvgIpc) is 2.13. The Labute approximate surface area is 87.0 Å². The van der Waals surface area contributed by atoms with E-state index in [4.69, 9.17) is 0 Å². The van der Waals surface area contributed by atoms with E-state index in [1.165, 1.54) is 0 Å². The van der Waals surface area contributed by atoms with Gasteiger partial charge in [0, 0.05) is 12.1 Å². The molecule has 0 fully saturated rings. The van der Waals surface area contributed by atoms with E-state index in [1.54, 1.807) is 6.08 Å². The van der Waals surface area contributed by atoms with Crippen molar-refractivity contribution in [1.82, 2.24) is 10.6 Å². The van der Waals surface area contributed by atoms with Gasteiger partial charge in [0.2, 0.25) is 5.91 Å². The Hall–Kier alpha value is -0.830. The minimum atomic E-state index is 0.0416. The Morgan fingerprint density at radius 2 is 1.93 bits per heavy atom. The molecular formula is C11H22N2O. The fourth-order valence-electron chi connectivity index (χ4n) is 0.809. The standard InChI is InChI=1S/C11H22N2O/c1-6-9(4)12-7-11(14)13-10(5)8(2)3/h6,8-10,12H,1,7H2,2-5H3,(H,13,14). The van der Waals surface area contributed by atoms with Gasteiger partial charge in [0.25, 0.3) is 0 Å². The lowest BCUT2D eigenvalue weighted by Crippen LogP contribution is -2.42. The summed E-state index contributed by atoms with van der Waals surface area (Å²) in [6.45, 7) is 12.1. The van der Waals surface area contributed by atoms with Crippen molar-refractivity contribution in [3.8, 4) is 0 Å². The van der Waals surface area contributed by atoms with Gasteiger partial charge in [-0.05, 0) is 19.8 Å². The van der Waals surface area contributed by atoms with Gasteiger partial charge in [0.15, 0.2) is 0 Å². The van der Waals surface area contributed by atoms with Crippen molar-refractivity contribution in [3.63, 3.8) is 0 Å². The van der Waals surface area contributed by atoms with Crippen LogP contribution in [-0.2, 0) is 4.79 Å². The van der Waals surface area contributed by atoms with Gasteiger partial charge in [-0.3, -0.25) is 4.79 Å². The van der Waals surface area contributed by atoms with Crippen LogP contribution >= 0.6 is 0 Å². The predicted molar refractivity (Wildman–Crippen MR) is 60.1 cm³/mol. The van der Waals surface area contributed by atoms with Crippen LogP contribution in [0, 0.1) is 5.92 Å². The Bertz CT molecular complexity index is 190. The van der Waals surface area contributed by atoms with Crippen molar-refractivity contribution in [2.75, 3.05) is 6.54 Å². The molecule has 0 aliphatic heterocycles. The van der Waals surface area contributed by atoms with Crippen LogP contribution in [-0.4, -0.2) is 24.5 Å². The van der Waals surface area contributed by atoms with E-state index >= 15 is 0 Å². The topological polar surface area (TPSA) is 41.1 Å². The quantitative estimate of drug-likeness (QED) is 0.632. The van der Waals surface area contributed by atoms with Crippen LogP contribution in [0.2, 0.25) is 0 Å². The maximum absolute atomic E-state index is 11.4. The number of amides is 1. The van der Waals surface area contributed by atoms with Crippen LogP contribution in [0.15, 0.2) is 12.7 Å². The average molecular weight is 198 g/mol. The van der Waals surface area contributed by atoms with E-state index in [2.05, 4.69) is 31.1 Å². The molecule has 2 unspecified atom stereocenters. The summed E-state index contributed by atoms with van der Waals surface area (Å²) in [5, 5.41) is 5.97. The molecule has 2 N–H and O–H groups in total. The normalized spacial score (nSPS) is 14.9. The zero-order chi connectivity index (χ0) is 11.1. The van der Waals surface area contributed by atoms with Gasteiger partial charge in [-0.15, -0.1) is 6.58 Å². The highest BCUT2D eigenvalue weighted by atomic mass is 16.1. The fraction of sp³-hybridized carbons (Fsp3) is 0.727. The lowest BCUT2D eigenvalue weighted by Gasteiger charge is -2.18. The fourth-order valence-corrected chi connectivity index (χ4v) is 0.809. The minimum Gasteiger partial charge on any atom is -0.352 e. The number of carbonyl (C=O) groups is 1. The van der Waals surface area contributed by atoms with Crippen LogP contribution in [0.4, 0.5) is 0 Å². The molecule has 3 nitrogen and oxygen atoms in total. The highest BCUT2D eigenvalue weighted by Gasteiger charge is 2.10. The molecule has 1 amide bonds. The second-order valence-electron chi connectivity index (χ2n) is 4.01. The molecule has 0 radical (unpaired) electrons. The summed E-state index contributed by atoms with van der Waals surface area (Å²) >= 11 is 0. The molecule has 0 aromatic heterocycles. The number of hydrogen-bond donors (Lipinski definition) is 2. The van der Waals surface area contributed by atoms with Crippen molar-refractivity contribution < 1.29 is 4.79 Å². The first-order valence-corrected chi connectivity index (χ1v) is 5.12. The SMILES string of the molecule is C=CC(C)NCC(=O)NC(C)C(C)C. The first-order valence-electron chi connectivity index (χ1n) is 5.12. The number of hydrogen-bond acceptors (Lipinski definition) is 2. The molecule has 0 spiro atoms. The second-order valence-corrected chi connectivity index (χ2v) is 4.01. The Morgan fingerprint density at radius 1 is 1.36 bits per heavy atom. The summed E-state index contributed by atoms with van der Waals surface area (Å²) in [6, 6.07) is 0.401. The second kappa shape index (κ2) is 6.60. The molecule has 82 valence electrons. The first-order chi connectivity index (χ1) is 6.47. The highest BCUT2D eigenvalue weighted by Crippen LogP contribution is 1.98. The van der Waals surface area contributed by atoms with Crippen molar-refractivity contribution >= 4 is 5.91 Å².